The number of alkyl halides is 1. The Morgan fingerprint density at radius 2 is 1.94 bits per heavy atom. The molecule has 2 aliphatic heterocycles. The maximum atomic E-state index is 13.9. The summed E-state index contributed by atoms with van der Waals surface area (Å²) >= 11 is 3.55. The number of methoxy groups -OCH3 is 1. The molecule has 0 spiro atoms. The lowest BCUT2D eigenvalue weighted by Gasteiger charge is -2.20. The van der Waals surface area contributed by atoms with E-state index < -0.39 is 24.5 Å². The lowest BCUT2D eigenvalue weighted by Crippen LogP contribution is -2.33. The summed E-state index contributed by atoms with van der Waals surface area (Å²) in [6.45, 7) is 2.32. The van der Waals surface area contributed by atoms with Gasteiger partial charge in [-0.15, -0.1) is 0 Å². The van der Waals surface area contributed by atoms with Crippen LogP contribution in [0.4, 0.5) is 15.9 Å². The van der Waals surface area contributed by atoms with Gasteiger partial charge in [0, 0.05) is 21.6 Å². The van der Waals surface area contributed by atoms with E-state index in [1.807, 2.05) is 31.2 Å². The first-order valence-electron chi connectivity index (χ1n) is 9.93. The fourth-order valence-electron chi connectivity index (χ4n) is 3.90. The van der Waals surface area contributed by atoms with Gasteiger partial charge in [0.05, 0.1) is 25.8 Å². The predicted molar refractivity (Wildman–Crippen MR) is 117 cm³/mol. The lowest BCUT2D eigenvalue weighted by molar-refractivity contribution is 0.0271. The maximum Gasteiger partial charge on any atom is 0.164 e. The zero-order valence-electron chi connectivity index (χ0n) is 17.0. The Kier molecular flexibility index (Phi) is 5.41. The number of halogens is 2. The molecular weight excluding hydrogens is 469 g/mol. The van der Waals surface area contributed by atoms with Gasteiger partial charge in [0.2, 0.25) is 0 Å². The van der Waals surface area contributed by atoms with Crippen LogP contribution in [0.15, 0.2) is 41.1 Å². The molecule has 2 aromatic carbocycles. The summed E-state index contributed by atoms with van der Waals surface area (Å²) in [6, 6.07) is 9.62. The van der Waals surface area contributed by atoms with Crippen molar-refractivity contribution < 1.29 is 23.3 Å². The fraction of sp³-hybridized carbons (Fsp3) is 0.364. The molecule has 2 aliphatic rings. The number of anilines is 2. The molecule has 3 heterocycles. The van der Waals surface area contributed by atoms with Crippen molar-refractivity contribution in [1.82, 2.24) is 9.97 Å². The molecule has 5 rings (SSSR count). The Morgan fingerprint density at radius 3 is 2.74 bits per heavy atom. The van der Waals surface area contributed by atoms with Crippen LogP contribution in [0.1, 0.15) is 5.56 Å². The van der Waals surface area contributed by atoms with Gasteiger partial charge in [0.15, 0.2) is 23.8 Å². The van der Waals surface area contributed by atoms with Crippen molar-refractivity contribution in [3.05, 3.63) is 46.7 Å². The molecule has 2 saturated heterocycles. The van der Waals surface area contributed by atoms with Crippen LogP contribution in [0, 0.1) is 6.92 Å². The summed E-state index contributed by atoms with van der Waals surface area (Å²) in [7, 11) is 1.57. The topological polar surface area (TPSA) is 74.7 Å². The monoisotopic (exact) mass is 489 g/mol. The SMILES string of the molecule is COc1cc2c(Nc3ccc(C)c(Br)c3)ncnc2cc1OC1CO[C@H]2[C@H](F)CO[C@@H]12. The first kappa shape index (κ1) is 20.4. The molecule has 0 aliphatic carbocycles. The first-order valence-corrected chi connectivity index (χ1v) is 10.7. The summed E-state index contributed by atoms with van der Waals surface area (Å²) in [5.41, 5.74) is 2.72. The van der Waals surface area contributed by atoms with E-state index in [4.69, 9.17) is 18.9 Å². The number of benzene rings is 2. The van der Waals surface area contributed by atoms with E-state index in [0.29, 0.717) is 22.8 Å². The molecule has 3 aromatic rings. The van der Waals surface area contributed by atoms with E-state index in [-0.39, 0.29) is 13.2 Å². The number of aromatic nitrogens is 2. The van der Waals surface area contributed by atoms with Gasteiger partial charge >= 0.3 is 0 Å². The molecule has 4 atom stereocenters. The summed E-state index contributed by atoms with van der Waals surface area (Å²) in [6.07, 6.45) is -1.06. The van der Waals surface area contributed by atoms with Crippen LogP contribution in [0.5, 0.6) is 11.5 Å². The number of hydrogen-bond donors (Lipinski definition) is 1. The van der Waals surface area contributed by atoms with Crippen molar-refractivity contribution in [1.29, 1.82) is 0 Å². The quantitative estimate of drug-likeness (QED) is 0.571. The van der Waals surface area contributed by atoms with E-state index in [1.165, 1.54) is 6.33 Å². The second kappa shape index (κ2) is 8.22. The third-order valence-electron chi connectivity index (χ3n) is 5.58. The Labute approximate surface area is 187 Å². The van der Waals surface area contributed by atoms with E-state index in [0.717, 1.165) is 21.1 Å². The van der Waals surface area contributed by atoms with Crippen molar-refractivity contribution >= 4 is 38.3 Å². The van der Waals surface area contributed by atoms with Crippen molar-refractivity contribution in [2.24, 2.45) is 0 Å². The number of nitrogens with one attached hydrogen (secondary N) is 1. The fourth-order valence-corrected chi connectivity index (χ4v) is 4.28. The number of rotatable bonds is 5. The summed E-state index contributed by atoms with van der Waals surface area (Å²) in [5.74, 6) is 1.67. The highest BCUT2D eigenvalue weighted by Crippen LogP contribution is 2.38. The average molecular weight is 490 g/mol. The normalized spacial score (nSPS) is 24.9. The zero-order chi connectivity index (χ0) is 21.5. The Morgan fingerprint density at radius 1 is 1.10 bits per heavy atom. The van der Waals surface area contributed by atoms with Crippen LogP contribution >= 0.6 is 15.9 Å². The highest BCUT2D eigenvalue weighted by atomic mass is 79.9. The number of fused-ring (bicyclic) bond motifs is 2. The second-order valence-corrected chi connectivity index (χ2v) is 8.45. The van der Waals surface area contributed by atoms with Gasteiger partial charge in [0.1, 0.15) is 24.4 Å². The Hall–Kier alpha value is -2.49. The predicted octanol–water partition coefficient (Wildman–Crippen LogP) is 4.34. The number of nitrogens with zero attached hydrogens (tertiary/aromatic N) is 2. The second-order valence-electron chi connectivity index (χ2n) is 7.60. The molecule has 31 heavy (non-hydrogen) atoms. The van der Waals surface area contributed by atoms with Crippen molar-refractivity contribution in [3.8, 4) is 11.5 Å². The summed E-state index contributed by atoms with van der Waals surface area (Å²) in [5, 5.41) is 4.12. The van der Waals surface area contributed by atoms with Gasteiger partial charge < -0.3 is 24.3 Å². The van der Waals surface area contributed by atoms with Gasteiger partial charge in [-0.05, 0) is 30.7 Å². The molecule has 2 fully saturated rings. The summed E-state index contributed by atoms with van der Waals surface area (Å²) in [4.78, 5) is 8.78. The minimum Gasteiger partial charge on any atom is -0.493 e. The van der Waals surface area contributed by atoms with E-state index in [1.54, 1.807) is 13.2 Å². The highest BCUT2D eigenvalue weighted by Gasteiger charge is 2.49. The van der Waals surface area contributed by atoms with E-state index in [2.05, 4.69) is 31.2 Å². The molecule has 0 amide bonds. The Balaban J connectivity index is 1.45. The average Bonchev–Trinajstić information content (AvgIpc) is 3.34. The molecule has 0 bridgehead atoms. The van der Waals surface area contributed by atoms with Gasteiger partial charge in [0.25, 0.3) is 0 Å². The minimum absolute atomic E-state index is 0.0292. The number of aryl methyl sites for hydroxylation is 1. The Bertz CT molecular complexity index is 1130. The number of ether oxygens (including phenoxy) is 4. The molecule has 9 heteroatoms. The van der Waals surface area contributed by atoms with Crippen LogP contribution in [0.3, 0.4) is 0 Å². The minimum atomic E-state index is -1.12. The van der Waals surface area contributed by atoms with Gasteiger partial charge in [-0.1, -0.05) is 22.0 Å². The first-order chi connectivity index (χ1) is 15.0. The van der Waals surface area contributed by atoms with Crippen LogP contribution < -0.4 is 14.8 Å². The van der Waals surface area contributed by atoms with E-state index >= 15 is 0 Å². The van der Waals surface area contributed by atoms with Crippen LogP contribution in [0.2, 0.25) is 0 Å². The molecular formula is C22H21BrFN3O4. The van der Waals surface area contributed by atoms with Crippen LogP contribution in [0.25, 0.3) is 10.9 Å². The molecule has 1 N–H and O–H groups in total. The van der Waals surface area contributed by atoms with Gasteiger partial charge in [-0.25, -0.2) is 14.4 Å². The molecule has 0 radical (unpaired) electrons. The molecule has 162 valence electrons. The van der Waals surface area contributed by atoms with Crippen LogP contribution in [-0.4, -0.2) is 54.8 Å². The van der Waals surface area contributed by atoms with Crippen molar-refractivity contribution in [3.63, 3.8) is 0 Å². The third kappa shape index (κ3) is 3.81. The molecule has 7 nitrogen and oxygen atoms in total. The smallest absolute Gasteiger partial charge is 0.164 e. The standard InChI is InChI=1S/C22H21BrFN3O4/c1-11-3-4-12(5-14(11)23)27-22-13-6-17(28-2)18(7-16(13)25-10-26-22)31-19-9-30-20-15(24)8-29-21(19)20/h3-7,10,15,19-21H,8-9H2,1-2H3,(H,25,26,27)/t15-,19?,20+,21+/m1/s1. The third-order valence-corrected chi connectivity index (χ3v) is 6.44. The molecule has 0 saturated carbocycles. The van der Waals surface area contributed by atoms with Crippen molar-refractivity contribution in [2.45, 2.75) is 31.4 Å². The van der Waals surface area contributed by atoms with E-state index in [9.17, 15) is 4.39 Å². The van der Waals surface area contributed by atoms with Crippen LogP contribution in [-0.2, 0) is 9.47 Å². The van der Waals surface area contributed by atoms with Gasteiger partial charge in [-0.3, -0.25) is 0 Å². The lowest BCUT2D eigenvalue weighted by atomic mass is 10.1. The van der Waals surface area contributed by atoms with Crippen molar-refractivity contribution in [2.75, 3.05) is 25.6 Å². The number of hydrogen-bond acceptors (Lipinski definition) is 7. The van der Waals surface area contributed by atoms with Gasteiger partial charge in [-0.2, -0.15) is 0 Å². The molecule has 1 aromatic heterocycles. The largest absolute Gasteiger partial charge is 0.493 e. The summed E-state index contributed by atoms with van der Waals surface area (Å²) < 4.78 is 37.6. The highest BCUT2D eigenvalue weighted by molar-refractivity contribution is 9.10. The maximum absolute atomic E-state index is 13.9. The zero-order valence-corrected chi connectivity index (χ0v) is 18.6. The molecule has 1 unspecified atom stereocenters.